The Labute approximate surface area is 173 Å². The van der Waals surface area contributed by atoms with Gasteiger partial charge in [-0.3, -0.25) is 19.8 Å². The molecule has 1 spiro atoms. The fourth-order valence-corrected chi connectivity index (χ4v) is 5.40. The van der Waals surface area contributed by atoms with Crippen LogP contribution in [0.15, 0.2) is 48.5 Å². The van der Waals surface area contributed by atoms with Gasteiger partial charge in [0.25, 0.3) is 0 Å². The second-order valence-corrected chi connectivity index (χ2v) is 8.36. The molecule has 0 bridgehead atoms. The number of barbiturate groups is 1. The van der Waals surface area contributed by atoms with Crippen molar-refractivity contribution in [3.63, 3.8) is 0 Å². The summed E-state index contributed by atoms with van der Waals surface area (Å²) in [5.41, 5.74) is 0.770. The first-order valence-corrected chi connectivity index (χ1v) is 10.2. The first-order valence-electron chi connectivity index (χ1n) is 10.2. The van der Waals surface area contributed by atoms with Crippen molar-refractivity contribution in [2.75, 3.05) is 18.5 Å². The third-order valence-corrected chi connectivity index (χ3v) is 6.89. The smallest absolute Gasteiger partial charge is 0.330 e. The summed E-state index contributed by atoms with van der Waals surface area (Å²) in [5.74, 6) is -1.32. The Bertz CT molecular complexity index is 1060. The van der Waals surface area contributed by atoms with Crippen molar-refractivity contribution in [3.05, 3.63) is 65.5 Å². The lowest BCUT2D eigenvalue weighted by molar-refractivity contribution is -0.153. The Morgan fingerprint density at radius 1 is 1.07 bits per heavy atom. The molecule has 3 atom stereocenters. The van der Waals surface area contributed by atoms with Crippen molar-refractivity contribution in [1.29, 1.82) is 0 Å². The van der Waals surface area contributed by atoms with Crippen LogP contribution in [0.2, 0.25) is 0 Å². The molecule has 0 unspecified atom stereocenters. The Morgan fingerprint density at radius 3 is 2.60 bits per heavy atom. The minimum atomic E-state index is -1.46. The maximum atomic E-state index is 14.9. The first kappa shape index (κ1) is 18.8. The second kappa shape index (κ2) is 6.65. The number of anilines is 1. The second-order valence-electron chi connectivity index (χ2n) is 8.36. The van der Waals surface area contributed by atoms with Gasteiger partial charge in [-0.1, -0.05) is 42.5 Å². The van der Waals surface area contributed by atoms with Crippen LogP contribution >= 0.6 is 0 Å². The van der Waals surface area contributed by atoms with Crippen LogP contribution < -0.4 is 10.2 Å². The normalized spacial score (nSPS) is 28.3. The number of para-hydroxylation sites is 1. The lowest BCUT2D eigenvalue weighted by Crippen LogP contribution is -2.72. The van der Waals surface area contributed by atoms with Crippen LogP contribution in [-0.2, 0) is 16.0 Å². The number of benzene rings is 2. The molecule has 2 aromatic rings. The van der Waals surface area contributed by atoms with E-state index in [2.05, 4.69) is 5.32 Å². The molecule has 7 heteroatoms. The van der Waals surface area contributed by atoms with Crippen LogP contribution in [0.4, 0.5) is 14.9 Å². The molecular formula is C23H22FN3O3. The minimum absolute atomic E-state index is 0.0745. The molecule has 2 fully saturated rings. The zero-order valence-corrected chi connectivity index (χ0v) is 16.6. The lowest BCUT2D eigenvalue weighted by atomic mass is 9.64. The largest absolute Gasteiger partial charge is 0.364 e. The number of urea groups is 1. The standard InChI is InChI=1S/C23H22FN3O3/c1-26-21(29)23(20(28)25-22(26)30)13-16-8-5-9-17(24)19(16)27-11-10-15(12-18(23)27)14-6-3-2-4-7-14/h2-9,15,18H,10-13H2,1H3,(H,25,28,30)/t15-,18-,23+/m0/s1. The van der Waals surface area contributed by atoms with Crippen molar-refractivity contribution in [2.24, 2.45) is 5.41 Å². The first-order chi connectivity index (χ1) is 14.4. The van der Waals surface area contributed by atoms with Gasteiger partial charge in [-0.15, -0.1) is 0 Å². The quantitative estimate of drug-likeness (QED) is 0.738. The van der Waals surface area contributed by atoms with Gasteiger partial charge in [0, 0.05) is 13.6 Å². The number of hydrogen-bond donors (Lipinski definition) is 1. The maximum absolute atomic E-state index is 14.9. The van der Waals surface area contributed by atoms with Gasteiger partial charge in [0.15, 0.2) is 5.41 Å². The fraction of sp³-hybridized carbons (Fsp3) is 0.348. The van der Waals surface area contributed by atoms with Gasteiger partial charge in [0.05, 0.1) is 11.7 Å². The molecule has 2 saturated heterocycles. The van der Waals surface area contributed by atoms with Gasteiger partial charge in [-0.05, 0) is 42.4 Å². The number of nitrogens with one attached hydrogen (secondary N) is 1. The van der Waals surface area contributed by atoms with Gasteiger partial charge in [-0.25, -0.2) is 9.18 Å². The van der Waals surface area contributed by atoms with Crippen molar-refractivity contribution in [2.45, 2.75) is 31.2 Å². The number of nitrogens with zero attached hydrogens (tertiary/aromatic N) is 2. The van der Waals surface area contributed by atoms with Gasteiger partial charge < -0.3 is 4.90 Å². The number of imide groups is 2. The molecule has 0 saturated carbocycles. The van der Waals surface area contributed by atoms with Crippen LogP contribution in [0.3, 0.4) is 0 Å². The third kappa shape index (κ3) is 2.51. The number of carbonyl (C=O) groups excluding carboxylic acids is 3. The zero-order valence-electron chi connectivity index (χ0n) is 16.6. The zero-order chi connectivity index (χ0) is 21.0. The molecule has 6 nitrogen and oxygen atoms in total. The Kier molecular flexibility index (Phi) is 4.17. The van der Waals surface area contributed by atoms with Crippen molar-refractivity contribution in [1.82, 2.24) is 10.2 Å². The molecule has 0 radical (unpaired) electrons. The number of halogens is 1. The summed E-state index contributed by atoms with van der Waals surface area (Å²) >= 11 is 0. The van der Waals surface area contributed by atoms with Gasteiger partial charge >= 0.3 is 6.03 Å². The van der Waals surface area contributed by atoms with E-state index in [-0.39, 0.29) is 18.2 Å². The molecule has 0 aromatic heterocycles. The Balaban J connectivity index is 1.65. The highest BCUT2D eigenvalue weighted by atomic mass is 19.1. The number of carbonyl (C=O) groups is 3. The number of piperidine rings is 1. The van der Waals surface area contributed by atoms with E-state index in [1.54, 1.807) is 12.1 Å². The molecule has 3 heterocycles. The fourth-order valence-electron chi connectivity index (χ4n) is 5.40. The molecule has 1 N–H and O–H groups in total. The summed E-state index contributed by atoms with van der Waals surface area (Å²) in [6, 6.07) is 13.5. The monoisotopic (exact) mass is 407 g/mol. The van der Waals surface area contributed by atoms with Crippen LogP contribution in [0, 0.1) is 11.2 Å². The molecule has 0 aliphatic carbocycles. The Hall–Kier alpha value is -3.22. The predicted molar refractivity (Wildman–Crippen MR) is 108 cm³/mol. The minimum Gasteiger partial charge on any atom is -0.364 e. The van der Waals surface area contributed by atoms with E-state index in [1.807, 2.05) is 35.2 Å². The average Bonchev–Trinajstić information content (AvgIpc) is 2.76. The van der Waals surface area contributed by atoms with Crippen LogP contribution in [0.5, 0.6) is 0 Å². The average molecular weight is 407 g/mol. The highest BCUT2D eigenvalue weighted by Crippen LogP contribution is 2.50. The summed E-state index contributed by atoms with van der Waals surface area (Å²) in [7, 11) is 1.38. The van der Waals surface area contributed by atoms with E-state index in [9.17, 15) is 18.8 Å². The SMILES string of the molecule is CN1C(=O)NC(=O)[C@]2(Cc3cccc(F)c3N3CC[C@H](c4ccccc4)C[C@H]32)C1=O. The molecule has 3 aliphatic rings. The molecule has 3 aliphatic heterocycles. The van der Waals surface area contributed by atoms with Crippen LogP contribution in [-0.4, -0.2) is 42.4 Å². The molecular weight excluding hydrogens is 385 g/mol. The molecule has 2 aromatic carbocycles. The van der Waals surface area contributed by atoms with E-state index < -0.39 is 29.3 Å². The summed E-state index contributed by atoms with van der Waals surface area (Å²) < 4.78 is 14.9. The predicted octanol–water partition coefficient (Wildman–Crippen LogP) is 2.83. The molecule has 154 valence electrons. The topological polar surface area (TPSA) is 69.7 Å². The lowest BCUT2D eigenvalue weighted by Gasteiger charge is -2.54. The van der Waals surface area contributed by atoms with Crippen molar-refractivity contribution in [3.8, 4) is 0 Å². The van der Waals surface area contributed by atoms with E-state index in [0.29, 0.717) is 24.2 Å². The summed E-state index contributed by atoms with van der Waals surface area (Å²) in [6.07, 6.45) is 1.39. The van der Waals surface area contributed by atoms with Gasteiger partial charge in [-0.2, -0.15) is 0 Å². The van der Waals surface area contributed by atoms with E-state index in [0.717, 1.165) is 16.9 Å². The molecule has 4 amide bonds. The highest BCUT2D eigenvalue weighted by Gasteiger charge is 2.62. The van der Waals surface area contributed by atoms with Crippen molar-refractivity contribution >= 4 is 23.5 Å². The number of fused-ring (bicyclic) bond motifs is 4. The summed E-state index contributed by atoms with van der Waals surface area (Å²) in [5, 5.41) is 2.36. The number of amides is 4. The van der Waals surface area contributed by atoms with E-state index in [1.165, 1.54) is 13.1 Å². The summed E-state index contributed by atoms with van der Waals surface area (Å²) in [4.78, 5) is 41.6. The Morgan fingerprint density at radius 2 is 1.83 bits per heavy atom. The van der Waals surface area contributed by atoms with E-state index in [4.69, 9.17) is 0 Å². The third-order valence-electron chi connectivity index (χ3n) is 6.89. The van der Waals surface area contributed by atoms with Gasteiger partial charge in [0.1, 0.15) is 5.82 Å². The molecule has 5 rings (SSSR count). The number of hydrogen-bond acceptors (Lipinski definition) is 4. The highest BCUT2D eigenvalue weighted by molar-refractivity contribution is 6.20. The van der Waals surface area contributed by atoms with E-state index >= 15 is 0 Å². The van der Waals surface area contributed by atoms with Gasteiger partial charge in [0.2, 0.25) is 11.8 Å². The van der Waals surface area contributed by atoms with Crippen LogP contribution in [0.1, 0.15) is 29.9 Å². The van der Waals surface area contributed by atoms with Crippen LogP contribution in [0.25, 0.3) is 0 Å². The number of rotatable bonds is 1. The van der Waals surface area contributed by atoms with Crippen molar-refractivity contribution < 1.29 is 18.8 Å². The molecule has 30 heavy (non-hydrogen) atoms. The maximum Gasteiger partial charge on any atom is 0.330 e. The summed E-state index contributed by atoms with van der Waals surface area (Å²) in [6.45, 7) is 0.526.